The Hall–Kier alpha value is -2.17. The van der Waals surface area contributed by atoms with Crippen LogP contribution in [0.25, 0.3) is 0 Å². The van der Waals surface area contributed by atoms with Gasteiger partial charge in [-0.3, -0.25) is 0 Å². The van der Waals surface area contributed by atoms with Gasteiger partial charge in [0, 0.05) is 0 Å². The topological polar surface area (TPSA) is 66.8 Å². The van der Waals surface area contributed by atoms with Crippen LogP contribution in [0.3, 0.4) is 0 Å². The number of rotatable bonds is 6. The summed E-state index contributed by atoms with van der Waals surface area (Å²) in [5, 5.41) is 19.9. The Kier molecular flexibility index (Phi) is 4.96. The van der Waals surface area contributed by atoms with E-state index in [0.717, 1.165) is 0 Å². The zero-order valence-corrected chi connectivity index (χ0v) is 12.6. The van der Waals surface area contributed by atoms with Crippen molar-refractivity contribution in [1.82, 2.24) is 0 Å². The van der Waals surface area contributed by atoms with E-state index >= 15 is 0 Å². The number of hydrogen-bond acceptors (Lipinski definition) is 3. The van der Waals surface area contributed by atoms with Gasteiger partial charge in [0.2, 0.25) is 0 Å². The van der Waals surface area contributed by atoms with Crippen LogP contribution in [-0.2, 0) is 15.1 Å². The van der Waals surface area contributed by atoms with Crippen LogP contribution in [0.15, 0.2) is 60.7 Å². The number of carboxylic acid groups (broad SMARTS) is 1. The molecule has 0 heterocycles. The Morgan fingerprint density at radius 1 is 0.955 bits per heavy atom. The van der Waals surface area contributed by atoms with Crippen molar-refractivity contribution in [1.29, 1.82) is 0 Å². The number of aliphatic carboxylic acids is 1. The van der Waals surface area contributed by atoms with Crippen molar-refractivity contribution in [3.8, 4) is 0 Å². The van der Waals surface area contributed by atoms with Crippen molar-refractivity contribution in [3.05, 3.63) is 71.8 Å². The fourth-order valence-corrected chi connectivity index (χ4v) is 2.60. The largest absolute Gasteiger partial charge is 0.479 e. The molecule has 2 aromatic carbocycles. The average molecular weight is 300 g/mol. The third kappa shape index (κ3) is 3.03. The van der Waals surface area contributed by atoms with Crippen molar-refractivity contribution < 1.29 is 19.7 Å². The zero-order chi connectivity index (χ0) is 16.2. The molecule has 2 aromatic rings. The van der Waals surface area contributed by atoms with E-state index in [1.165, 1.54) is 0 Å². The monoisotopic (exact) mass is 300 g/mol. The van der Waals surface area contributed by atoms with Crippen LogP contribution in [0.4, 0.5) is 0 Å². The molecule has 2 rings (SSSR count). The molecule has 0 aliphatic carbocycles. The molecule has 0 radical (unpaired) electrons. The Labute approximate surface area is 130 Å². The second-order valence-corrected chi connectivity index (χ2v) is 5.38. The fraction of sp³-hybridized carbons (Fsp3) is 0.278. The molecule has 0 bridgehead atoms. The lowest BCUT2D eigenvalue weighted by Crippen LogP contribution is -2.49. The minimum atomic E-state index is -1.72. The van der Waals surface area contributed by atoms with E-state index in [4.69, 9.17) is 4.74 Å². The SMILES string of the molecule is CC(C)OC(c1ccccc1)(c1ccccc1)C(O)C(=O)O. The lowest BCUT2D eigenvalue weighted by molar-refractivity contribution is -0.173. The highest BCUT2D eigenvalue weighted by atomic mass is 16.5. The predicted molar refractivity (Wildman–Crippen MR) is 83.5 cm³/mol. The van der Waals surface area contributed by atoms with Crippen molar-refractivity contribution in [2.45, 2.75) is 31.7 Å². The first kappa shape index (κ1) is 16.2. The van der Waals surface area contributed by atoms with Gasteiger partial charge in [0.15, 0.2) is 11.7 Å². The van der Waals surface area contributed by atoms with E-state index < -0.39 is 17.7 Å². The maximum absolute atomic E-state index is 11.5. The second kappa shape index (κ2) is 6.73. The first-order valence-corrected chi connectivity index (χ1v) is 7.18. The molecule has 4 nitrogen and oxygen atoms in total. The molecule has 1 atom stereocenters. The summed E-state index contributed by atoms with van der Waals surface area (Å²) in [4.78, 5) is 11.5. The van der Waals surface area contributed by atoms with Gasteiger partial charge in [-0.25, -0.2) is 4.79 Å². The summed E-state index contributed by atoms with van der Waals surface area (Å²) < 4.78 is 6.00. The highest BCUT2D eigenvalue weighted by molar-refractivity contribution is 5.75. The van der Waals surface area contributed by atoms with Crippen LogP contribution < -0.4 is 0 Å². The molecule has 0 saturated heterocycles. The van der Waals surface area contributed by atoms with Crippen LogP contribution in [0.1, 0.15) is 25.0 Å². The van der Waals surface area contributed by atoms with E-state index in [1.54, 1.807) is 48.5 Å². The van der Waals surface area contributed by atoms with Gasteiger partial charge in [-0.1, -0.05) is 60.7 Å². The van der Waals surface area contributed by atoms with Crippen molar-refractivity contribution in [3.63, 3.8) is 0 Å². The number of hydrogen-bond donors (Lipinski definition) is 2. The van der Waals surface area contributed by atoms with Crippen molar-refractivity contribution in [2.75, 3.05) is 0 Å². The standard InChI is InChI=1S/C18H20O4/c1-13(2)22-18(16(19)17(20)21,14-9-5-3-6-10-14)15-11-7-4-8-12-15/h3-13,16,19H,1-2H3,(H,20,21). The first-order chi connectivity index (χ1) is 10.5. The summed E-state index contributed by atoms with van der Waals surface area (Å²) in [6, 6.07) is 17.9. The molecule has 0 aliphatic rings. The van der Waals surface area contributed by atoms with Gasteiger partial charge in [0.1, 0.15) is 0 Å². The van der Waals surface area contributed by atoms with Crippen LogP contribution in [0.2, 0.25) is 0 Å². The summed E-state index contributed by atoms with van der Waals surface area (Å²) >= 11 is 0. The quantitative estimate of drug-likeness (QED) is 0.861. The van der Waals surface area contributed by atoms with E-state index in [0.29, 0.717) is 11.1 Å². The lowest BCUT2D eigenvalue weighted by atomic mass is 9.81. The van der Waals surface area contributed by atoms with E-state index in [9.17, 15) is 15.0 Å². The first-order valence-electron chi connectivity index (χ1n) is 7.18. The minimum absolute atomic E-state index is 0.269. The summed E-state index contributed by atoms with van der Waals surface area (Å²) in [6.07, 6.45) is -1.99. The molecule has 4 heteroatoms. The molecule has 0 aromatic heterocycles. The maximum atomic E-state index is 11.5. The second-order valence-electron chi connectivity index (χ2n) is 5.38. The van der Waals surface area contributed by atoms with Gasteiger partial charge < -0.3 is 14.9 Å². The number of carbonyl (C=O) groups is 1. The summed E-state index contributed by atoms with van der Waals surface area (Å²) in [5.74, 6) is -1.33. The summed E-state index contributed by atoms with van der Waals surface area (Å²) in [7, 11) is 0. The highest BCUT2D eigenvalue weighted by Crippen LogP contribution is 2.38. The highest BCUT2D eigenvalue weighted by Gasteiger charge is 2.47. The molecular formula is C18H20O4. The molecular weight excluding hydrogens is 280 g/mol. The predicted octanol–water partition coefficient (Wildman–Crippen LogP) is 2.80. The average Bonchev–Trinajstić information content (AvgIpc) is 2.53. The number of ether oxygens (including phenoxy) is 1. The number of carboxylic acids is 1. The molecule has 0 aliphatic heterocycles. The van der Waals surface area contributed by atoms with Gasteiger partial charge in [-0.2, -0.15) is 0 Å². The van der Waals surface area contributed by atoms with E-state index in [1.807, 2.05) is 26.0 Å². The third-order valence-corrected chi connectivity index (χ3v) is 3.45. The van der Waals surface area contributed by atoms with E-state index in [-0.39, 0.29) is 6.10 Å². The Bertz CT molecular complexity index is 568. The number of aliphatic hydroxyl groups excluding tert-OH is 1. The van der Waals surface area contributed by atoms with Crippen molar-refractivity contribution in [2.24, 2.45) is 0 Å². The number of benzene rings is 2. The van der Waals surface area contributed by atoms with Gasteiger partial charge in [-0.15, -0.1) is 0 Å². The van der Waals surface area contributed by atoms with Crippen LogP contribution in [0, 0.1) is 0 Å². The molecule has 0 spiro atoms. The maximum Gasteiger partial charge on any atom is 0.336 e. The van der Waals surface area contributed by atoms with Gasteiger partial charge in [0.25, 0.3) is 0 Å². The number of aliphatic hydroxyl groups is 1. The molecule has 0 fully saturated rings. The minimum Gasteiger partial charge on any atom is -0.479 e. The molecule has 1 unspecified atom stereocenters. The summed E-state index contributed by atoms with van der Waals surface area (Å²) in [6.45, 7) is 3.63. The molecule has 2 N–H and O–H groups in total. The third-order valence-electron chi connectivity index (χ3n) is 3.45. The molecule has 0 saturated carbocycles. The molecule has 116 valence electrons. The van der Waals surface area contributed by atoms with Crippen molar-refractivity contribution >= 4 is 5.97 Å². The van der Waals surface area contributed by atoms with Gasteiger partial charge >= 0.3 is 5.97 Å². The normalized spacial score (nSPS) is 13.1. The van der Waals surface area contributed by atoms with Crippen LogP contribution in [0.5, 0.6) is 0 Å². The fourth-order valence-electron chi connectivity index (χ4n) is 2.60. The summed E-state index contributed by atoms with van der Waals surface area (Å²) in [5.41, 5.74) is -0.252. The van der Waals surface area contributed by atoms with Gasteiger partial charge in [-0.05, 0) is 25.0 Å². The van der Waals surface area contributed by atoms with Gasteiger partial charge in [0.05, 0.1) is 6.10 Å². The Balaban J connectivity index is 2.71. The Morgan fingerprint density at radius 2 is 1.36 bits per heavy atom. The Morgan fingerprint density at radius 3 is 1.68 bits per heavy atom. The van der Waals surface area contributed by atoms with Crippen LogP contribution >= 0.6 is 0 Å². The zero-order valence-electron chi connectivity index (χ0n) is 12.6. The molecule has 22 heavy (non-hydrogen) atoms. The lowest BCUT2D eigenvalue weighted by Gasteiger charge is -2.38. The smallest absolute Gasteiger partial charge is 0.336 e. The van der Waals surface area contributed by atoms with E-state index in [2.05, 4.69) is 0 Å². The van der Waals surface area contributed by atoms with Crippen LogP contribution in [-0.4, -0.2) is 28.4 Å². The molecule has 0 amide bonds.